The summed E-state index contributed by atoms with van der Waals surface area (Å²) in [7, 11) is -1.76. The Labute approximate surface area is 129 Å². The van der Waals surface area contributed by atoms with Crippen molar-refractivity contribution in [1.82, 2.24) is 0 Å². The van der Waals surface area contributed by atoms with Crippen LogP contribution < -0.4 is 0 Å². The molecule has 1 aliphatic rings. The first-order chi connectivity index (χ1) is 9.71. The number of aliphatic hydroxyl groups is 1. The van der Waals surface area contributed by atoms with Crippen LogP contribution in [0.5, 0.6) is 0 Å². The highest BCUT2D eigenvalue weighted by molar-refractivity contribution is 6.74. The van der Waals surface area contributed by atoms with Crippen molar-refractivity contribution in [1.29, 1.82) is 0 Å². The van der Waals surface area contributed by atoms with E-state index in [0.29, 0.717) is 13.0 Å². The summed E-state index contributed by atoms with van der Waals surface area (Å²) in [5, 5.41) is 10.4. The highest BCUT2D eigenvalue weighted by Gasteiger charge is 2.40. The quantitative estimate of drug-likeness (QED) is 0.857. The van der Waals surface area contributed by atoms with E-state index in [0.717, 1.165) is 5.56 Å². The maximum Gasteiger partial charge on any atom is 0.192 e. The summed E-state index contributed by atoms with van der Waals surface area (Å²) in [6, 6.07) is 9.94. The molecule has 1 heterocycles. The molecule has 2 rings (SSSR count). The molecule has 21 heavy (non-hydrogen) atoms. The first-order valence-corrected chi connectivity index (χ1v) is 10.6. The number of hydrogen-bond donors (Lipinski definition) is 1. The van der Waals surface area contributed by atoms with Crippen LogP contribution in [0.2, 0.25) is 18.1 Å². The fourth-order valence-electron chi connectivity index (χ4n) is 2.32. The van der Waals surface area contributed by atoms with Crippen molar-refractivity contribution in [3.8, 4) is 0 Å². The van der Waals surface area contributed by atoms with E-state index < -0.39 is 14.4 Å². The van der Waals surface area contributed by atoms with E-state index in [2.05, 4.69) is 33.9 Å². The van der Waals surface area contributed by atoms with Gasteiger partial charge in [0.05, 0.1) is 18.8 Å². The van der Waals surface area contributed by atoms with E-state index in [1.807, 2.05) is 30.3 Å². The summed E-state index contributed by atoms with van der Waals surface area (Å²) in [6.45, 7) is 11.8. The maximum absolute atomic E-state index is 10.2. The normalized spacial score (nSPS) is 27.0. The SMILES string of the molecule is CC(C)(C)[Si](C)(C)OC[C@@H]1C[C@@H](O)[C@@H](c2ccccc2)O1. The van der Waals surface area contributed by atoms with Crippen LogP contribution in [-0.2, 0) is 9.16 Å². The molecule has 0 unspecified atom stereocenters. The van der Waals surface area contributed by atoms with E-state index >= 15 is 0 Å². The molecule has 0 bridgehead atoms. The Morgan fingerprint density at radius 3 is 2.43 bits per heavy atom. The molecular formula is C17H28O3Si. The molecule has 0 aliphatic carbocycles. The van der Waals surface area contributed by atoms with Gasteiger partial charge in [0.25, 0.3) is 0 Å². The average Bonchev–Trinajstić information content (AvgIpc) is 2.78. The van der Waals surface area contributed by atoms with Gasteiger partial charge in [-0.1, -0.05) is 51.1 Å². The Bertz CT molecular complexity index is 453. The third-order valence-corrected chi connectivity index (χ3v) is 9.26. The Morgan fingerprint density at radius 2 is 1.86 bits per heavy atom. The van der Waals surface area contributed by atoms with Crippen molar-refractivity contribution in [2.45, 2.75) is 63.6 Å². The molecule has 0 radical (unpaired) electrons. The summed E-state index contributed by atoms with van der Waals surface area (Å²) in [4.78, 5) is 0. The number of hydrogen-bond acceptors (Lipinski definition) is 3. The Kier molecular flexibility index (Phi) is 4.93. The fraction of sp³-hybridized carbons (Fsp3) is 0.647. The third-order valence-electron chi connectivity index (χ3n) is 4.76. The molecule has 3 atom stereocenters. The number of benzene rings is 1. The van der Waals surface area contributed by atoms with Crippen LogP contribution in [0.1, 0.15) is 38.9 Å². The minimum atomic E-state index is -1.76. The van der Waals surface area contributed by atoms with Gasteiger partial charge in [-0.05, 0) is 23.7 Å². The van der Waals surface area contributed by atoms with Gasteiger partial charge in [-0.2, -0.15) is 0 Å². The van der Waals surface area contributed by atoms with Gasteiger partial charge < -0.3 is 14.3 Å². The molecule has 0 amide bonds. The number of aliphatic hydroxyl groups excluding tert-OH is 1. The van der Waals surface area contributed by atoms with Gasteiger partial charge in [-0.3, -0.25) is 0 Å². The molecule has 0 aromatic heterocycles. The average molecular weight is 308 g/mol. The largest absolute Gasteiger partial charge is 0.414 e. The van der Waals surface area contributed by atoms with Crippen molar-refractivity contribution in [2.75, 3.05) is 6.61 Å². The topological polar surface area (TPSA) is 38.7 Å². The standard InChI is InChI=1S/C17H28O3Si/c1-17(2,3)21(4,5)19-12-14-11-15(18)16(20-14)13-9-7-6-8-10-13/h6-10,14-16,18H,11-12H2,1-5H3/t14-,15+,16+/m0/s1. The first kappa shape index (κ1) is 16.7. The highest BCUT2D eigenvalue weighted by atomic mass is 28.4. The van der Waals surface area contributed by atoms with Crippen molar-refractivity contribution in [3.05, 3.63) is 35.9 Å². The van der Waals surface area contributed by atoms with Crippen LogP contribution in [0.3, 0.4) is 0 Å². The second-order valence-corrected chi connectivity index (χ2v) is 12.3. The number of ether oxygens (including phenoxy) is 1. The maximum atomic E-state index is 10.2. The lowest BCUT2D eigenvalue weighted by molar-refractivity contribution is -0.00865. The van der Waals surface area contributed by atoms with E-state index in [-0.39, 0.29) is 17.2 Å². The molecule has 118 valence electrons. The lowest BCUT2D eigenvalue weighted by atomic mass is 10.0. The molecule has 1 fully saturated rings. The van der Waals surface area contributed by atoms with Crippen molar-refractivity contribution in [2.24, 2.45) is 0 Å². The molecular weight excluding hydrogens is 280 g/mol. The molecule has 4 heteroatoms. The third kappa shape index (κ3) is 3.95. The van der Waals surface area contributed by atoms with Crippen LogP contribution in [0.25, 0.3) is 0 Å². The van der Waals surface area contributed by atoms with E-state index in [9.17, 15) is 5.11 Å². The van der Waals surface area contributed by atoms with E-state index in [1.165, 1.54) is 0 Å². The molecule has 3 nitrogen and oxygen atoms in total. The summed E-state index contributed by atoms with van der Waals surface area (Å²) < 4.78 is 12.2. The van der Waals surface area contributed by atoms with Crippen LogP contribution in [0.15, 0.2) is 30.3 Å². The van der Waals surface area contributed by atoms with Gasteiger partial charge in [0.15, 0.2) is 8.32 Å². The smallest absolute Gasteiger partial charge is 0.192 e. The zero-order valence-electron chi connectivity index (χ0n) is 13.8. The lowest BCUT2D eigenvalue weighted by Gasteiger charge is -2.36. The monoisotopic (exact) mass is 308 g/mol. The van der Waals surface area contributed by atoms with Gasteiger partial charge in [0, 0.05) is 6.42 Å². The summed E-state index contributed by atoms with van der Waals surface area (Å²) in [5.74, 6) is 0. The zero-order chi connectivity index (χ0) is 15.7. The molecule has 1 saturated heterocycles. The minimum absolute atomic E-state index is 0.0145. The molecule has 1 aromatic rings. The first-order valence-electron chi connectivity index (χ1n) is 7.73. The molecule has 0 spiro atoms. The van der Waals surface area contributed by atoms with Gasteiger partial charge in [0.1, 0.15) is 6.10 Å². The highest BCUT2D eigenvalue weighted by Crippen LogP contribution is 2.38. The van der Waals surface area contributed by atoms with Crippen molar-refractivity contribution >= 4 is 8.32 Å². The minimum Gasteiger partial charge on any atom is -0.414 e. The van der Waals surface area contributed by atoms with Crippen LogP contribution >= 0.6 is 0 Å². The summed E-state index contributed by atoms with van der Waals surface area (Å²) in [6.07, 6.45) is -0.0345. The van der Waals surface area contributed by atoms with E-state index in [4.69, 9.17) is 9.16 Å². The summed E-state index contributed by atoms with van der Waals surface area (Å²) in [5.41, 5.74) is 1.04. The van der Waals surface area contributed by atoms with Crippen LogP contribution in [0.4, 0.5) is 0 Å². The second kappa shape index (κ2) is 6.21. The second-order valence-electron chi connectivity index (χ2n) is 7.46. The Hall–Kier alpha value is -0.683. The molecule has 1 aromatic carbocycles. The van der Waals surface area contributed by atoms with Gasteiger partial charge in [-0.15, -0.1) is 0 Å². The van der Waals surface area contributed by atoms with Gasteiger partial charge in [-0.25, -0.2) is 0 Å². The molecule has 1 N–H and O–H groups in total. The lowest BCUT2D eigenvalue weighted by Crippen LogP contribution is -2.42. The Morgan fingerprint density at radius 1 is 1.24 bits per heavy atom. The van der Waals surface area contributed by atoms with Crippen LogP contribution in [-0.4, -0.2) is 32.2 Å². The fourth-order valence-corrected chi connectivity index (χ4v) is 3.35. The zero-order valence-corrected chi connectivity index (χ0v) is 14.8. The summed E-state index contributed by atoms with van der Waals surface area (Å²) >= 11 is 0. The van der Waals surface area contributed by atoms with Crippen molar-refractivity contribution < 1.29 is 14.3 Å². The predicted molar refractivity (Wildman–Crippen MR) is 87.8 cm³/mol. The van der Waals surface area contributed by atoms with Crippen LogP contribution in [0, 0.1) is 0 Å². The van der Waals surface area contributed by atoms with Crippen molar-refractivity contribution in [3.63, 3.8) is 0 Å². The molecule has 1 aliphatic heterocycles. The number of rotatable bonds is 4. The predicted octanol–water partition coefficient (Wildman–Crippen LogP) is 3.90. The van der Waals surface area contributed by atoms with E-state index in [1.54, 1.807) is 0 Å². The van der Waals surface area contributed by atoms with Gasteiger partial charge in [0.2, 0.25) is 0 Å². The molecule has 0 saturated carbocycles. The van der Waals surface area contributed by atoms with Gasteiger partial charge >= 0.3 is 0 Å². The Balaban J connectivity index is 1.93.